The molecule has 0 aromatic rings. The average Bonchev–Trinajstić information content (AvgIpc) is 1.81. The Hall–Kier alpha value is 1.42. The first-order chi connectivity index (χ1) is 3.91. The zero-order valence-corrected chi connectivity index (χ0v) is 9.11. The molecule has 0 atom stereocenters. The minimum Gasteiger partial charge on any atom is -0.261 e. The van der Waals surface area contributed by atoms with E-state index in [4.69, 9.17) is 0 Å². The normalized spacial score (nSPS) is 9.75. The molecule has 8 heavy (non-hydrogen) atoms. The zero-order chi connectivity index (χ0) is 6.24. The van der Waals surface area contributed by atoms with Crippen molar-refractivity contribution in [1.82, 2.24) is 3.53 Å². The van der Waals surface area contributed by atoms with Crippen LogP contribution >= 0.6 is 45.5 Å². The Bertz CT molecular complexity index is 35.4. The molecule has 0 rings (SSSR count). The van der Waals surface area contributed by atoms with E-state index >= 15 is 0 Å². The van der Waals surface area contributed by atoms with Crippen molar-refractivity contribution in [2.45, 2.75) is 19.3 Å². The lowest BCUT2D eigenvalue weighted by Gasteiger charge is -1.93. The SMILES string of the molecule is ICCCCCNI. The quantitative estimate of drug-likeness (QED) is 0.351. The number of rotatable bonds is 5. The molecule has 0 spiro atoms. The Morgan fingerprint density at radius 2 is 1.88 bits per heavy atom. The van der Waals surface area contributed by atoms with Gasteiger partial charge in [-0.3, -0.25) is 3.53 Å². The Morgan fingerprint density at radius 3 is 2.38 bits per heavy atom. The Morgan fingerprint density at radius 1 is 1.12 bits per heavy atom. The van der Waals surface area contributed by atoms with Crippen LogP contribution in [0.25, 0.3) is 0 Å². The van der Waals surface area contributed by atoms with Crippen LogP contribution in [0.5, 0.6) is 0 Å². The molecule has 3 heteroatoms. The summed E-state index contributed by atoms with van der Waals surface area (Å²) < 4.78 is 4.40. The van der Waals surface area contributed by atoms with E-state index in [1.54, 1.807) is 0 Å². The van der Waals surface area contributed by atoms with Gasteiger partial charge in [0.1, 0.15) is 0 Å². The van der Waals surface area contributed by atoms with Gasteiger partial charge in [-0.1, -0.05) is 29.0 Å². The lowest BCUT2D eigenvalue weighted by Crippen LogP contribution is -1.98. The van der Waals surface area contributed by atoms with Crippen LogP contribution in [-0.2, 0) is 0 Å². The summed E-state index contributed by atoms with van der Waals surface area (Å²) in [5, 5.41) is 0. The topological polar surface area (TPSA) is 12.0 Å². The van der Waals surface area contributed by atoms with Crippen molar-refractivity contribution >= 4 is 45.5 Å². The molecule has 0 aromatic heterocycles. The summed E-state index contributed by atoms with van der Waals surface area (Å²) in [5.41, 5.74) is 0. The fraction of sp³-hybridized carbons (Fsp3) is 1.00. The third kappa shape index (κ3) is 7.42. The summed E-state index contributed by atoms with van der Waals surface area (Å²) in [6.07, 6.45) is 4.07. The van der Waals surface area contributed by atoms with E-state index in [0.717, 1.165) is 6.54 Å². The maximum atomic E-state index is 3.09. The standard InChI is InChI=1S/C5H11I2N/c6-4-2-1-3-5-8-7/h8H,1-5H2. The monoisotopic (exact) mass is 339 g/mol. The number of nitrogens with one attached hydrogen (secondary N) is 1. The van der Waals surface area contributed by atoms with Crippen molar-refractivity contribution in [2.24, 2.45) is 0 Å². The number of hydrogen-bond acceptors (Lipinski definition) is 1. The molecule has 0 bridgehead atoms. The van der Waals surface area contributed by atoms with Gasteiger partial charge < -0.3 is 0 Å². The van der Waals surface area contributed by atoms with Crippen molar-refractivity contribution in [2.75, 3.05) is 11.0 Å². The van der Waals surface area contributed by atoms with Gasteiger partial charge in [-0.05, 0) is 17.3 Å². The van der Waals surface area contributed by atoms with Crippen molar-refractivity contribution in [3.8, 4) is 0 Å². The maximum Gasteiger partial charge on any atom is 0.0169 e. The second kappa shape index (κ2) is 8.42. The van der Waals surface area contributed by atoms with Crippen molar-refractivity contribution in [1.29, 1.82) is 0 Å². The molecule has 0 radical (unpaired) electrons. The fourth-order valence-corrected chi connectivity index (χ4v) is 1.38. The summed E-state index contributed by atoms with van der Waals surface area (Å²) in [7, 11) is 0. The van der Waals surface area contributed by atoms with Gasteiger partial charge in [0.2, 0.25) is 0 Å². The van der Waals surface area contributed by atoms with Crippen LogP contribution in [0.3, 0.4) is 0 Å². The van der Waals surface area contributed by atoms with E-state index in [1.165, 1.54) is 23.7 Å². The number of hydrogen-bond donors (Lipinski definition) is 1. The highest BCUT2D eigenvalue weighted by atomic mass is 127. The average molecular weight is 339 g/mol. The van der Waals surface area contributed by atoms with E-state index in [2.05, 4.69) is 49.0 Å². The van der Waals surface area contributed by atoms with Crippen molar-refractivity contribution < 1.29 is 0 Å². The molecule has 0 fully saturated rings. The molecule has 50 valence electrons. The van der Waals surface area contributed by atoms with Crippen LogP contribution in [-0.4, -0.2) is 11.0 Å². The molecule has 0 heterocycles. The molecule has 1 nitrogen and oxygen atoms in total. The van der Waals surface area contributed by atoms with Gasteiger partial charge in [-0.15, -0.1) is 0 Å². The first-order valence-electron chi connectivity index (χ1n) is 2.81. The lowest BCUT2D eigenvalue weighted by molar-refractivity contribution is 0.725. The Kier molecular flexibility index (Phi) is 9.91. The summed E-state index contributed by atoms with van der Waals surface area (Å²) in [5.74, 6) is 0. The summed E-state index contributed by atoms with van der Waals surface area (Å²) in [4.78, 5) is 0. The highest BCUT2D eigenvalue weighted by Gasteiger charge is 1.83. The van der Waals surface area contributed by atoms with E-state index in [9.17, 15) is 0 Å². The number of unbranched alkanes of at least 4 members (excludes halogenated alkanes) is 2. The molecule has 1 N–H and O–H groups in total. The van der Waals surface area contributed by atoms with Gasteiger partial charge in [0.25, 0.3) is 0 Å². The third-order valence-electron chi connectivity index (χ3n) is 0.905. The second-order valence-corrected chi connectivity index (χ2v) is 3.47. The predicted octanol–water partition coefficient (Wildman–Crippen LogP) is 2.53. The van der Waals surface area contributed by atoms with Crippen LogP contribution in [0.1, 0.15) is 19.3 Å². The van der Waals surface area contributed by atoms with Gasteiger partial charge >= 0.3 is 0 Å². The van der Waals surface area contributed by atoms with E-state index in [1.807, 2.05) is 0 Å². The summed E-state index contributed by atoms with van der Waals surface area (Å²) in [6.45, 7) is 1.16. The maximum absolute atomic E-state index is 3.09. The molecular weight excluding hydrogens is 328 g/mol. The van der Waals surface area contributed by atoms with Gasteiger partial charge in [-0.25, -0.2) is 0 Å². The van der Waals surface area contributed by atoms with E-state index < -0.39 is 0 Å². The van der Waals surface area contributed by atoms with Crippen LogP contribution in [0.2, 0.25) is 0 Å². The molecular formula is C5H11I2N. The smallest absolute Gasteiger partial charge is 0.0169 e. The lowest BCUT2D eigenvalue weighted by atomic mass is 10.3. The molecule has 0 aliphatic rings. The van der Waals surface area contributed by atoms with Crippen LogP contribution in [0.4, 0.5) is 0 Å². The number of alkyl halides is 1. The van der Waals surface area contributed by atoms with Gasteiger partial charge in [0.05, 0.1) is 0 Å². The van der Waals surface area contributed by atoms with Gasteiger partial charge in [-0.2, -0.15) is 0 Å². The first kappa shape index (κ1) is 9.42. The van der Waals surface area contributed by atoms with Gasteiger partial charge in [0.15, 0.2) is 0 Å². The predicted molar refractivity (Wildman–Crippen MR) is 54.8 cm³/mol. The van der Waals surface area contributed by atoms with Crippen molar-refractivity contribution in [3.63, 3.8) is 0 Å². The molecule has 0 amide bonds. The molecule has 0 aromatic carbocycles. The number of halogens is 2. The highest BCUT2D eigenvalue weighted by Crippen LogP contribution is 1.97. The molecule has 0 aliphatic carbocycles. The minimum atomic E-state index is 1.16. The van der Waals surface area contributed by atoms with Gasteiger partial charge in [0, 0.05) is 29.4 Å². The van der Waals surface area contributed by atoms with Crippen LogP contribution in [0, 0.1) is 0 Å². The van der Waals surface area contributed by atoms with Crippen LogP contribution < -0.4 is 3.53 Å². The molecule has 0 saturated carbocycles. The largest absolute Gasteiger partial charge is 0.261 e. The van der Waals surface area contributed by atoms with Crippen molar-refractivity contribution in [3.05, 3.63) is 0 Å². The Labute approximate surface area is 78.6 Å². The van der Waals surface area contributed by atoms with Crippen LogP contribution in [0.15, 0.2) is 0 Å². The first-order valence-corrected chi connectivity index (χ1v) is 5.41. The molecule has 0 saturated heterocycles. The molecule has 0 unspecified atom stereocenters. The van der Waals surface area contributed by atoms with E-state index in [-0.39, 0.29) is 0 Å². The molecule has 0 aliphatic heterocycles. The second-order valence-electron chi connectivity index (χ2n) is 1.63. The summed E-state index contributed by atoms with van der Waals surface area (Å²) in [6, 6.07) is 0. The summed E-state index contributed by atoms with van der Waals surface area (Å²) >= 11 is 4.60. The third-order valence-corrected chi connectivity index (χ3v) is 2.21. The fourth-order valence-electron chi connectivity index (χ4n) is 0.463. The minimum absolute atomic E-state index is 1.16. The zero-order valence-electron chi connectivity index (χ0n) is 4.79. The highest BCUT2D eigenvalue weighted by molar-refractivity contribution is 14.1. The Balaban J connectivity index is 2.53. The van der Waals surface area contributed by atoms with E-state index in [0.29, 0.717) is 0 Å².